The molecule has 2 rings (SSSR count). The van der Waals surface area contributed by atoms with Gasteiger partial charge >= 0.3 is 0 Å². The van der Waals surface area contributed by atoms with E-state index in [4.69, 9.17) is 0 Å². The molecule has 0 aliphatic carbocycles. The first kappa shape index (κ1) is 21.7. The van der Waals surface area contributed by atoms with Crippen LogP contribution in [0.2, 0.25) is 0 Å². The highest BCUT2D eigenvalue weighted by atomic mass is 16.2. The molecular weight excluding hydrogens is 338 g/mol. The molecular formula is C22H37N3O2. The van der Waals surface area contributed by atoms with E-state index in [-0.39, 0.29) is 11.5 Å². The van der Waals surface area contributed by atoms with E-state index >= 15 is 0 Å². The van der Waals surface area contributed by atoms with Crippen LogP contribution in [0.4, 0.5) is 0 Å². The number of pyridine rings is 1. The maximum atomic E-state index is 13.1. The number of likely N-dealkylation sites (N-methyl/N-ethyl adjacent to an activating group) is 1. The maximum absolute atomic E-state index is 13.1. The fourth-order valence-corrected chi connectivity index (χ4v) is 3.68. The van der Waals surface area contributed by atoms with Crippen molar-refractivity contribution in [2.75, 3.05) is 32.7 Å². The molecule has 0 atom stereocenters. The molecule has 0 unspecified atom stereocenters. The molecule has 1 fully saturated rings. The van der Waals surface area contributed by atoms with Gasteiger partial charge in [-0.25, -0.2) is 0 Å². The summed E-state index contributed by atoms with van der Waals surface area (Å²) < 4.78 is 1.70. The van der Waals surface area contributed by atoms with Gasteiger partial charge in [0.25, 0.3) is 11.5 Å². The summed E-state index contributed by atoms with van der Waals surface area (Å²) in [6, 6.07) is 1.90. The second-order valence-corrected chi connectivity index (χ2v) is 8.20. The number of likely N-dealkylation sites (tertiary alicyclic amines) is 1. The fourth-order valence-electron chi connectivity index (χ4n) is 3.68. The van der Waals surface area contributed by atoms with Crippen molar-refractivity contribution in [3.05, 3.63) is 33.7 Å². The fraction of sp³-hybridized carbons (Fsp3) is 0.727. The lowest BCUT2D eigenvalue weighted by Gasteiger charge is -2.26. The van der Waals surface area contributed by atoms with Crippen LogP contribution in [0.5, 0.6) is 0 Å². The van der Waals surface area contributed by atoms with Crippen molar-refractivity contribution in [3.8, 4) is 0 Å². The van der Waals surface area contributed by atoms with Crippen molar-refractivity contribution in [3.63, 3.8) is 0 Å². The first-order valence-electron chi connectivity index (χ1n) is 10.7. The minimum Gasteiger partial charge on any atom is -0.337 e. The van der Waals surface area contributed by atoms with Crippen molar-refractivity contribution in [1.82, 2.24) is 14.4 Å². The molecule has 0 aromatic carbocycles. The summed E-state index contributed by atoms with van der Waals surface area (Å²) in [6.45, 7) is 13.3. The van der Waals surface area contributed by atoms with Gasteiger partial charge in [0.2, 0.25) is 0 Å². The van der Waals surface area contributed by atoms with Gasteiger partial charge in [0, 0.05) is 32.4 Å². The van der Waals surface area contributed by atoms with Crippen molar-refractivity contribution in [2.24, 2.45) is 5.92 Å². The van der Waals surface area contributed by atoms with E-state index < -0.39 is 0 Å². The largest absolute Gasteiger partial charge is 0.337 e. The summed E-state index contributed by atoms with van der Waals surface area (Å²) >= 11 is 0. The lowest BCUT2D eigenvalue weighted by atomic mass is 10.1. The third kappa shape index (κ3) is 6.20. The summed E-state index contributed by atoms with van der Waals surface area (Å²) in [5, 5.41) is 0. The van der Waals surface area contributed by atoms with Gasteiger partial charge in [0.1, 0.15) is 5.56 Å². The Morgan fingerprint density at radius 3 is 2.41 bits per heavy atom. The Balaban J connectivity index is 2.10. The van der Waals surface area contributed by atoms with Crippen LogP contribution in [0.25, 0.3) is 0 Å². The van der Waals surface area contributed by atoms with Gasteiger partial charge in [-0.05, 0) is 63.7 Å². The van der Waals surface area contributed by atoms with Gasteiger partial charge in [0.15, 0.2) is 0 Å². The first-order chi connectivity index (χ1) is 12.9. The minimum atomic E-state index is -0.145. The smallest absolute Gasteiger partial charge is 0.263 e. The quantitative estimate of drug-likeness (QED) is 0.698. The molecule has 5 heteroatoms. The topological polar surface area (TPSA) is 45.5 Å². The molecule has 2 heterocycles. The van der Waals surface area contributed by atoms with Gasteiger partial charge in [-0.1, -0.05) is 26.7 Å². The zero-order chi connectivity index (χ0) is 19.8. The van der Waals surface area contributed by atoms with E-state index in [1.807, 2.05) is 31.0 Å². The summed E-state index contributed by atoms with van der Waals surface area (Å²) in [5.41, 5.74) is 0.979. The Morgan fingerprint density at radius 1 is 1.15 bits per heavy atom. The number of rotatable bonds is 8. The van der Waals surface area contributed by atoms with Crippen LogP contribution in [0.3, 0.4) is 0 Å². The van der Waals surface area contributed by atoms with E-state index in [0.29, 0.717) is 31.1 Å². The Morgan fingerprint density at radius 2 is 1.81 bits per heavy atom. The molecule has 0 spiro atoms. The second-order valence-electron chi connectivity index (χ2n) is 8.20. The molecule has 1 aliphatic rings. The molecule has 0 N–H and O–H groups in total. The number of hydrogen-bond donors (Lipinski definition) is 0. The highest BCUT2D eigenvalue weighted by molar-refractivity contribution is 5.95. The van der Waals surface area contributed by atoms with Crippen molar-refractivity contribution in [2.45, 2.75) is 66.3 Å². The van der Waals surface area contributed by atoms with Gasteiger partial charge < -0.3 is 14.4 Å². The van der Waals surface area contributed by atoms with E-state index in [1.54, 1.807) is 4.57 Å². The molecule has 0 bridgehead atoms. The van der Waals surface area contributed by atoms with Crippen LogP contribution in [-0.4, -0.2) is 53.0 Å². The summed E-state index contributed by atoms with van der Waals surface area (Å²) in [4.78, 5) is 30.4. The van der Waals surface area contributed by atoms with Crippen molar-refractivity contribution in [1.29, 1.82) is 0 Å². The summed E-state index contributed by atoms with van der Waals surface area (Å²) in [5.74, 6) is 0.409. The normalized spacial score (nSPS) is 15.7. The number of carbonyl (C=O) groups excluding carboxylic acids is 1. The molecule has 1 amide bonds. The monoisotopic (exact) mass is 375 g/mol. The van der Waals surface area contributed by atoms with Gasteiger partial charge in [-0.15, -0.1) is 0 Å². The molecule has 1 aromatic heterocycles. The summed E-state index contributed by atoms with van der Waals surface area (Å²) in [6.07, 6.45) is 7.88. The van der Waals surface area contributed by atoms with Crippen molar-refractivity contribution < 1.29 is 4.79 Å². The van der Waals surface area contributed by atoms with Crippen LogP contribution in [0, 0.1) is 12.8 Å². The highest BCUT2D eigenvalue weighted by Crippen LogP contribution is 2.11. The summed E-state index contributed by atoms with van der Waals surface area (Å²) in [7, 11) is 0. The number of hydrogen-bond acceptors (Lipinski definition) is 3. The maximum Gasteiger partial charge on any atom is 0.263 e. The van der Waals surface area contributed by atoms with E-state index in [9.17, 15) is 9.59 Å². The average Bonchev–Trinajstić information content (AvgIpc) is 2.90. The molecule has 1 aromatic rings. The van der Waals surface area contributed by atoms with E-state index in [2.05, 4.69) is 18.7 Å². The molecule has 0 radical (unpaired) electrons. The van der Waals surface area contributed by atoms with Gasteiger partial charge in [0.05, 0.1) is 0 Å². The minimum absolute atomic E-state index is 0.117. The van der Waals surface area contributed by atoms with E-state index in [0.717, 1.165) is 31.6 Å². The zero-order valence-corrected chi connectivity index (χ0v) is 17.7. The predicted octanol–water partition coefficient (Wildman–Crippen LogP) is 3.54. The first-order valence-corrected chi connectivity index (χ1v) is 10.7. The number of nitrogens with zero attached hydrogens (tertiary/aromatic N) is 3. The number of amides is 1. The number of carbonyl (C=O) groups is 1. The lowest BCUT2D eigenvalue weighted by Crippen LogP contribution is -2.42. The Kier molecular flexibility index (Phi) is 8.55. The van der Waals surface area contributed by atoms with Crippen LogP contribution in [0.15, 0.2) is 17.1 Å². The third-order valence-corrected chi connectivity index (χ3v) is 5.59. The number of aromatic nitrogens is 1. The lowest BCUT2D eigenvalue weighted by molar-refractivity contribution is 0.0742. The predicted molar refractivity (Wildman–Crippen MR) is 111 cm³/mol. The third-order valence-electron chi connectivity index (χ3n) is 5.59. The SMILES string of the molecule is CCN(CCN1CCCCCC1)C(=O)c1c(C)ccn(CCC(C)C)c1=O. The van der Waals surface area contributed by atoms with Crippen LogP contribution in [-0.2, 0) is 6.54 Å². The van der Waals surface area contributed by atoms with Gasteiger partial charge in [-0.3, -0.25) is 9.59 Å². The van der Waals surface area contributed by atoms with Crippen LogP contribution < -0.4 is 5.56 Å². The van der Waals surface area contributed by atoms with Crippen LogP contribution in [0.1, 0.15) is 68.8 Å². The molecule has 5 nitrogen and oxygen atoms in total. The Bertz CT molecular complexity index is 658. The molecule has 1 saturated heterocycles. The second kappa shape index (κ2) is 10.6. The Labute approximate surface area is 164 Å². The van der Waals surface area contributed by atoms with Crippen molar-refractivity contribution >= 4 is 5.91 Å². The standard InChI is InChI=1S/C22H37N3O2/c1-5-24(17-16-23-12-8-6-7-9-13-23)21(26)20-19(4)11-15-25(22(20)27)14-10-18(2)3/h11,15,18H,5-10,12-14,16-17H2,1-4H3. The van der Waals surface area contributed by atoms with E-state index in [1.165, 1.54) is 25.7 Å². The highest BCUT2D eigenvalue weighted by Gasteiger charge is 2.22. The molecule has 152 valence electrons. The van der Waals surface area contributed by atoms with Crippen LogP contribution >= 0.6 is 0 Å². The zero-order valence-electron chi connectivity index (χ0n) is 17.7. The Hall–Kier alpha value is -1.62. The number of aryl methyl sites for hydroxylation is 2. The molecule has 0 saturated carbocycles. The molecule has 27 heavy (non-hydrogen) atoms. The van der Waals surface area contributed by atoms with Gasteiger partial charge in [-0.2, -0.15) is 0 Å². The molecule has 1 aliphatic heterocycles. The average molecular weight is 376 g/mol.